The number of allylic oxidation sites excluding steroid dienone is 3. The van der Waals surface area contributed by atoms with Crippen LogP contribution in [0.2, 0.25) is 0 Å². The third kappa shape index (κ3) is 3.94. The van der Waals surface area contributed by atoms with Crippen LogP contribution in [0.15, 0.2) is 23.3 Å². The highest BCUT2D eigenvalue weighted by Gasteiger charge is 2.71. The van der Waals surface area contributed by atoms with Crippen LogP contribution in [-0.2, 0) is 19.1 Å². The maximum Gasteiger partial charge on any atom is 0.333 e. The number of carbonyl (C=O) groups is 3. The van der Waals surface area contributed by atoms with Gasteiger partial charge < -0.3 is 14.9 Å². The molecule has 6 nitrogen and oxygen atoms in total. The largest absolute Gasteiger partial charge is 0.481 e. The van der Waals surface area contributed by atoms with Gasteiger partial charge in [-0.3, -0.25) is 9.59 Å². The quantitative estimate of drug-likeness (QED) is 0.217. The molecule has 5 aliphatic carbocycles. The zero-order chi connectivity index (χ0) is 30.4. The minimum Gasteiger partial charge on any atom is -0.481 e. The van der Waals surface area contributed by atoms with E-state index in [1.807, 2.05) is 6.92 Å². The third-order valence-electron chi connectivity index (χ3n) is 13.9. The number of hydrogen-bond acceptors (Lipinski definition) is 5. The number of ketones is 1. The molecule has 0 aromatic heterocycles. The van der Waals surface area contributed by atoms with E-state index in [1.165, 1.54) is 5.57 Å². The lowest BCUT2D eigenvalue weighted by atomic mass is 9.33. The topological polar surface area (TPSA) is 101 Å². The van der Waals surface area contributed by atoms with Crippen LogP contribution >= 0.6 is 0 Å². The van der Waals surface area contributed by atoms with E-state index in [2.05, 4.69) is 40.7 Å². The Bertz CT molecular complexity index is 1210. The molecule has 0 aromatic carbocycles. The summed E-state index contributed by atoms with van der Waals surface area (Å²) < 4.78 is 6.12. The highest BCUT2D eigenvalue weighted by atomic mass is 16.5. The summed E-state index contributed by atoms with van der Waals surface area (Å²) in [5.74, 6) is -0.772. The molecule has 0 saturated heterocycles. The Kier molecular flexibility index (Phi) is 7.09. The number of aliphatic carboxylic acids is 1. The van der Waals surface area contributed by atoms with Crippen molar-refractivity contribution in [3.8, 4) is 0 Å². The Hall–Kier alpha value is -1.95. The molecule has 4 saturated carbocycles. The molecular weight excluding hydrogens is 516 g/mol. The summed E-state index contributed by atoms with van der Waals surface area (Å²) >= 11 is 0. The molecule has 0 spiro atoms. The van der Waals surface area contributed by atoms with Crippen LogP contribution in [0.25, 0.3) is 0 Å². The van der Waals surface area contributed by atoms with Gasteiger partial charge in [0.2, 0.25) is 0 Å². The Balaban J connectivity index is 1.60. The zero-order valence-corrected chi connectivity index (χ0v) is 26.6. The number of carboxylic acid groups (broad SMARTS) is 1. The number of hydrogen-bond donors (Lipinski definition) is 2. The van der Waals surface area contributed by atoms with Crippen LogP contribution in [0, 0.1) is 50.2 Å². The number of rotatable bonds is 4. The summed E-state index contributed by atoms with van der Waals surface area (Å²) in [4.78, 5) is 39.5. The fourth-order valence-corrected chi connectivity index (χ4v) is 11.1. The molecule has 0 heterocycles. The maximum atomic E-state index is 13.4. The normalized spacial score (nSPS) is 47.2. The standard InChI is InChI=1S/C35H52O6/c1-9-21(2)28(38)41-27-19-30(3,4)18-23-22-10-11-25-31(5)14-13-26(37)32(6,20-36)24(31)12-15-34(25,8)33(22,7)16-17-35(23,27)29(39)40/h9-10,23-25,27,36H,11-20H2,1-8H3,(H,39,40)/b21-9+. The first kappa shape index (κ1) is 30.5. The van der Waals surface area contributed by atoms with Crippen LogP contribution in [-0.4, -0.2) is 40.6 Å². The molecule has 0 bridgehead atoms. The number of ether oxygens (including phenoxy) is 1. The molecule has 5 aliphatic rings. The Morgan fingerprint density at radius 3 is 2.32 bits per heavy atom. The molecule has 41 heavy (non-hydrogen) atoms. The van der Waals surface area contributed by atoms with Gasteiger partial charge in [0.05, 0.1) is 12.0 Å². The highest BCUT2D eigenvalue weighted by Crippen LogP contribution is 2.75. The van der Waals surface area contributed by atoms with Crippen molar-refractivity contribution in [1.82, 2.24) is 0 Å². The molecule has 0 aromatic rings. The molecule has 9 unspecified atom stereocenters. The number of aliphatic hydroxyl groups excluding tert-OH is 1. The van der Waals surface area contributed by atoms with E-state index < -0.39 is 28.9 Å². The van der Waals surface area contributed by atoms with Gasteiger partial charge >= 0.3 is 11.9 Å². The predicted octanol–water partition coefficient (Wildman–Crippen LogP) is 6.90. The minimum absolute atomic E-state index is 0.0565. The second kappa shape index (κ2) is 9.53. The van der Waals surface area contributed by atoms with Crippen molar-refractivity contribution in [2.24, 2.45) is 50.2 Å². The van der Waals surface area contributed by atoms with Crippen molar-refractivity contribution in [2.75, 3.05) is 6.61 Å². The second-order valence-corrected chi connectivity index (χ2v) is 16.1. The first-order valence-corrected chi connectivity index (χ1v) is 15.9. The van der Waals surface area contributed by atoms with E-state index in [-0.39, 0.29) is 45.9 Å². The summed E-state index contributed by atoms with van der Waals surface area (Å²) in [5, 5.41) is 21.4. The number of aliphatic hydroxyl groups is 1. The molecule has 0 radical (unpaired) electrons. The second-order valence-electron chi connectivity index (χ2n) is 16.1. The van der Waals surface area contributed by atoms with E-state index in [0.717, 1.165) is 38.5 Å². The van der Waals surface area contributed by atoms with E-state index in [0.29, 0.717) is 30.8 Å². The molecule has 0 amide bonds. The molecule has 228 valence electrons. The van der Waals surface area contributed by atoms with Gasteiger partial charge in [0, 0.05) is 17.9 Å². The van der Waals surface area contributed by atoms with Crippen LogP contribution < -0.4 is 0 Å². The van der Waals surface area contributed by atoms with Crippen molar-refractivity contribution in [3.63, 3.8) is 0 Å². The van der Waals surface area contributed by atoms with Gasteiger partial charge in [-0.1, -0.05) is 59.3 Å². The summed E-state index contributed by atoms with van der Waals surface area (Å²) in [6.07, 6.45) is 10.0. The predicted molar refractivity (Wildman–Crippen MR) is 158 cm³/mol. The van der Waals surface area contributed by atoms with Crippen molar-refractivity contribution < 1.29 is 29.3 Å². The molecule has 4 fully saturated rings. The average molecular weight is 569 g/mol. The van der Waals surface area contributed by atoms with Gasteiger partial charge in [-0.05, 0) is 98.7 Å². The van der Waals surface area contributed by atoms with Crippen LogP contribution in [0.1, 0.15) is 113 Å². The molecule has 2 N–H and O–H groups in total. The van der Waals surface area contributed by atoms with Gasteiger partial charge in [-0.25, -0.2) is 4.79 Å². The van der Waals surface area contributed by atoms with E-state index in [1.54, 1.807) is 19.9 Å². The molecule has 9 atom stereocenters. The lowest BCUT2D eigenvalue weighted by Gasteiger charge is -2.70. The number of fused-ring (bicyclic) bond motifs is 7. The average Bonchev–Trinajstić information content (AvgIpc) is 2.90. The van der Waals surface area contributed by atoms with E-state index >= 15 is 0 Å². The smallest absolute Gasteiger partial charge is 0.333 e. The molecular formula is C35H52O6. The summed E-state index contributed by atoms with van der Waals surface area (Å²) in [6, 6.07) is 0. The van der Waals surface area contributed by atoms with Crippen LogP contribution in [0.5, 0.6) is 0 Å². The van der Waals surface area contributed by atoms with Crippen molar-refractivity contribution >= 4 is 17.7 Å². The summed E-state index contributed by atoms with van der Waals surface area (Å²) in [6.45, 7) is 17.0. The van der Waals surface area contributed by atoms with Gasteiger partial charge in [0.25, 0.3) is 0 Å². The molecule has 0 aliphatic heterocycles. The minimum atomic E-state index is -1.14. The van der Waals surface area contributed by atoms with E-state index in [4.69, 9.17) is 4.74 Å². The SMILES string of the molecule is C/C=C(\C)C(=O)OC1CC(C)(C)CC2C3=CCC4C5(C)CCC(=O)C(C)(CO)C5CCC4(C)C3(C)CCC12C(=O)O. The number of carbonyl (C=O) groups excluding carboxylic acids is 2. The monoisotopic (exact) mass is 568 g/mol. The molecule has 5 rings (SSSR count). The fourth-order valence-electron chi connectivity index (χ4n) is 11.1. The zero-order valence-electron chi connectivity index (χ0n) is 26.6. The van der Waals surface area contributed by atoms with Gasteiger partial charge in [-0.15, -0.1) is 0 Å². The lowest BCUT2D eigenvalue weighted by molar-refractivity contribution is -0.208. The Morgan fingerprint density at radius 2 is 1.71 bits per heavy atom. The summed E-state index contributed by atoms with van der Waals surface area (Å²) in [7, 11) is 0. The first-order valence-electron chi connectivity index (χ1n) is 15.9. The summed E-state index contributed by atoms with van der Waals surface area (Å²) in [5.41, 5.74) is -0.555. The Morgan fingerprint density at radius 1 is 1.02 bits per heavy atom. The van der Waals surface area contributed by atoms with Crippen LogP contribution in [0.4, 0.5) is 0 Å². The first-order chi connectivity index (χ1) is 19.0. The van der Waals surface area contributed by atoms with Gasteiger partial charge in [-0.2, -0.15) is 0 Å². The molecule has 6 heteroatoms. The van der Waals surface area contributed by atoms with Crippen molar-refractivity contribution in [1.29, 1.82) is 0 Å². The fraction of sp³-hybridized carbons (Fsp3) is 0.800. The van der Waals surface area contributed by atoms with Crippen LogP contribution in [0.3, 0.4) is 0 Å². The third-order valence-corrected chi connectivity index (χ3v) is 13.9. The number of carboxylic acids is 1. The number of esters is 1. The van der Waals surface area contributed by atoms with Gasteiger partial charge in [0.1, 0.15) is 17.3 Å². The van der Waals surface area contributed by atoms with Gasteiger partial charge in [0.15, 0.2) is 0 Å². The van der Waals surface area contributed by atoms with Crippen molar-refractivity contribution in [2.45, 2.75) is 119 Å². The van der Waals surface area contributed by atoms with E-state index in [9.17, 15) is 24.6 Å². The maximum absolute atomic E-state index is 13.4. The lowest BCUT2D eigenvalue weighted by Crippen LogP contribution is -2.67. The number of Topliss-reactive ketones (excluding diaryl/α,β-unsaturated/α-hetero) is 1. The highest BCUT2D eigenvalue weighted by molar-refractivity contribution is 5.88. The Labute approximate surface area is 246 Å². The van der Waals surface area contributed by atoms with Crippen molar-refractivity contribution in [3.05, 3.63) is 23.3 Å².